The topological polar surface area (TPSA) is 58.9 Å². The molecular formula is C16H19BO4. The van der Waals surface area contributed by atoms with Crippen LogP contribution in [-0.2, 0) is 0 Å². The van der Waals surface area contributed by atoms with Gasteiger partial charge in [-0.05, 0) is 43.1 Å². The van der Waals surface area contributed by atoms with Crippen LogP contribution < -0.4 is 14.9 Å². The van der Waals surface area contributed by atoms with Gasteiger partial charge in [0, 0.05) is 0 Å². The van der Waals surface area contributed by atoms with Crippen LogP contribution in [0.1, 0.15) is 11.1 Å². The molecule has 0 aliphatic carbocycles. The fraction of sp³-hybridized carbons (Fsp3) is 0.250. The summed E-state index contributed by atoms with van der Waals surface area (Å²) < 4.78 is 11.2. The van der Waals surface area contributed by atoms with Crippen LogP contribution in [0.3, 0.4) is 0 Å². The number of aryl methyl sites for hydroxylation is 2. The van der Waals surface area contributed by atoms with Crippen molar-refractivity contribution in [1.29, 1.82) is 0 Å². The SMILES string of the molecule is Cc1ccc(OCCOc2cccc(B(O)O)c2)c(C)c1. The first-order chi connectivity index (χ1) is 10.1. The molecule has 2 aromatic rings. The molecule has 0 radical (unpaired) electrons. The van der Waals surface area contributed by atoms with E-state index in [2.05, 4.69) is 6.07 Å². The molecule has 0 aromatic heterocycles. The maximum absolute atomic E-state index is 9.10. The zero-order chi connectivity index (χ0) is 15.2. The van der Waals surface area contributed by atoms with E-state index in [0.29, 0.717) is 24.4 Å². The van der Waals surface area contributed by atoms with E-state index in [1.807, 2.05) is 26.0 Å². The van der Waals surface area contributed by atoms with Crippen molar-refractivity contribution >= 4 is 12.6 Å². The molecule has 0 saturated heterocycles. The summed E-state index contributed by atoms with van der Waals surface area (Å²) >= 11 is 0. The molecule has 0 unspecified atom stereocenters. The molecule has 0 aliphatic rings. The van der Waals surface area contributed by atoms with Gasteiger partial charge in [0.05, 0.1) is 0 Å². The molecule has 2 rings (SSSR count). The molecule has 0 bridgehead atoms. The van der Waals surface area contributed by atoms with Gasteiger partial charge in [-0.2, -0.15) is 0 Å². The van der Waals surface area contributed by atoms with Gasteiger partial charge in [-0.3, -0.25) is 0 Å². The average Bonchev–Trinajstić information content (AvgIpc) is 2.45. The molecule has 0 fully saturated rings. The third-order valence-corrected chi connectivity index (χ3v) is 3.10. The van der Waals surface area contributed by atoms with Gasteiger partial charge >= 0.3 is 7.12 Å². The van der Waals surface area contributed by atoms with Crippen molar-refractivity contribution in [2.75, 3.05) is 13.2 Å². The van der Waals surface area contributed by atoms with Crippen molar-refractivity contribution in [2.24, 2.45) is 0 Å². The summed E-state index contributed by atoms with van der Waals surface area (Å²) in [4.78, 5) is 0. The van der Waals surface area contributed by atoms with Crippen LogP contribution in [0.25, 0.3) is 0 Å². The minimum absolute atomic E-state index is 0.387. The first kappa shape index (κ1) is 15.4. The Morgan fingerprint density at radius 3 is 2.43 bits per heavy atom. The van der Waals surface area contributed by atoms with Gasteiger partial charge in [0.15, 0.2) is 0 Å². The van der Waals surface area contributed by atoms with Crippen LogP contribution in [0.15, 0.2) is 42.5 Å². The van der Waals surface area contributed by atoms with E-state index in [1.54, 1.807) is 24.3 Å². The second kappa shape index (κ2) is 7.15. The molecule has 2 N–H and O–H groups in total. The highest BCUT2D eigenvalue weighted by Gasteiger charge is 2.11. The molecular weight excluding hydrogens is 267 g/mol. The van der Waals surface area contributed by atoms with Gasteiger partial charge in [-0.15, -0.1) is 0 Å². The van der Waals surface area contributed by atoms with Crippen molar-refractivity contribution in [3.05, 3.63) is 53.6 Å². The first-order valence-corrected chi connectivity index (χ1v) is 6.85. The Bertz CT molecular complexity index is 599. The molecule has 0 aliphatic heterocycles. The van der Waals surface area contributed by atoms with E-state index in [4.69, 9.17) is 19.5 Å². The van der Waals surface area contributed by atoms with E-state index in [9.17, 15) is 0 Å². The molecule has 0 atom stereocenters. The van der Waals surface area contributed by atoms with Crippen molar-refractivity contribution in [1.82, 2.24) is 0 Å². The second-order valence-electron chi connectivity index (χ2n) is 4.91. The fourth-order valence-electron chi connectivity index (χ4n) is 2.04. The zero-order valence-electron chi connectivity index (χ0n) is 12.2. The van der Waals surface area contributed by atoms with Crippen molar-refractivity contribution < 1.29 is 19.5 Å². The third kappa shape index (κ3) is 4.51. The maximum atomic E-state index is 9.10. The van der Waals surface area contributed by atoms with Crippen LogP contribution in [0, 0.1) is 13.8 Å². The minimum atomic E-state index is -1.49. The van der Waals surface area contributed by atoms with Gasteiger partial charge in [0.25, 0.3) is 0 Å². The maximum Gasteiger partial charge on any atom is 0.488 e. The van der Waals surface area contributed by atoms with E-state index < -0.39 is 7.12 Å². The Morgan fingerprint density at radius 2 is 1.71 bits per heavy atom. The first-order valence-electron chi connectivity index (χ1n) is 6.85. The average molecular weight is 286 g/mol. The number of hydrogen-bond donors (Lipinski definition) is 2. The van der Waals surface area contributed by atoms with Gasteiger partial charge in [-0.1, -0.05) is 29.8 Å². The quantitative estimate of drug-likeness (QED) is 0.623. The van der Waals surface area contributed by atoms with Crippen LogP contribution >= 0.6 is 0 Å². The Morgan fingerprint density at radius 1 is 0.952 bits per heavy atom. The lowest BCUT2D eigenvalue weighted by atomic mass is 9.80. The highest BCUT2D eigenvalue weighted by Crippen LogP contribution is 2.18. The highest BCUT2D eigenvalue weighted by molar-refractivity contribution is 6.58. The van der Waals surface area contributed by atoms with Gasteiger partial charge < -0.3 is 19.5 Å². The van der Waals surface area contributed by atoms with Crippen molar-refractivity contribution in [3.8, 4) is 11.5 Å². The Labute approximate surface area is 125 Å². The summed E-state index contributed by atoms with van der Waals surface area (Å²) in [6.07, 6.45) is 0. The van der Waals surface area contributed by atoms with E-state index in [-0.39, 0.29) is 0 Å². The van der Waals surface area contributed by atoms with Crippen LogP contribution in [0.5, 0.6) is 11.5 Å². The predicted molar refractivity (Wildman–Crippen MR) is 83.2 cm³/mol. The number of ether oxygens (including phenoxy) is 2. The normalized spacial score (nSPS) is 10.3. The molecule has 21 heavy (non-hydrogen) atoms. The predicted octanol–water partition coefficient (Wildman–Crippen LogP) is 1.44. The lowest BCUT2D eigenvalue weighted by Gasteiger charge is -2.11. The molecule has 5 heteroatoms. The molecule has 0 heterocycles. The second-order valence-corrected chi connectivity index (χ2v) is 4.91. The summed E-state index contributed by atoms with van der Waals surface area (Å²) in [5, 5.41) is 18.2. The fourth-order valence-corrected chi connectivity index (χ4v) is 2.04. The van der Waals surface area contributed by atoms with E-state index >= 15 is 0 Å². The highest BCUT2D eigenvalue weighted by atomic mass is 16.5. The molecule has 110 valence electrons. The number of rotatable bonds is 6. The molecule has 2 aromatic carbocycles. The van der Waals surface area contributed by atoms with Crippen LogP contribution in [-0.4, -0.2) is 30.4 Å². The Balaban J connectivity index is 1.83. The Kier molecular flexibility index (Phi) is 5.25. The van der Waals surface area contributed by atoms with E-state index in [0.717, 1.165) is 11.3 Å². The lowest BCUT2D eigenvalue weighted by Crippen LogP contribution is -2.29. The third-order valence-electron chi connectivity index (χ3n) is 3.10. The summed E-state index contributed by atoms with van der Waals surface area (Å²) in [6.45, 7) is 4.87. The summed E-state index contributed by atoms with van der Waals surface area (Å²) in [6, 6.07) is 12.7. The molecule has 0 amide bonds. The van der Waals surface area contributed by atoms with Crippen LogP contribution in [0.2, 0.25) is 0 Å². The van der Waals surface area contributed by atoms with Gasteiger partial charge in [0.2, 0.25) is 0 Å². The summed E-state index contributed by atoms with van der Waals surface area (Å²) in [5.41, 5.74) is 2.71. The smallest absolute Gasteiger partial charge is 0.488 e. The Hall–Kier alpha value is -1.98. The van der Waals surface area contributed by atoms with Gasteiger partial charge in [-0.25, -0.2) is 0 Å². The summed E-state index contributed by atoms with van der Waals surface area (Å²) in [5.74, 6) is 1.44. The molecule has 0 saturated carbocycles. The van der Waals surface area contributed by atoms with Crippen molar-refractivity contribution in [2.45, 2.75) is 13.8 Å². The number of benzene rings is 2. The summed E-state index contributed by atoms with van der Waals surface area (Å²) in [7, 11) is -1.49. The molecule has 0 spiro atoms. The van der Waals surface area contributed by atoms with Crippen molar-refractivity contribution in [3.63, 3.8) is 0 Å². The number of hydrogen-bond acceptors (Lipinski definition) is 4. The standard InChI is InChI=1S/C16H19BO4/c1-12-6-7-16(13(2)10-12)21-9-8-20-15-5-3-4-14(11-15)17(18)19/h3-7,10-11,18-19H,8-9H2,1-2H3. The molecule has 4 nitrogen and oxygen atoms in total. The van der Waals surface area contributed by atoms with Crippen LogP contribution in [0.4, 0.5) is 0 Å². The minimum Gasteiger partial charge on any atom is -0.490 e. The monoisotopic (exact) mass is 286 g/mol. The van der Waals surface area contributed by atoms with E-state index in [1.165, 1.54) is 5.56 Å². The lowest BCUT2D eigenvalue weighted by molar-refractivity contribution is 0.216. The van der Waals surface area contributed by atoms with Gasteiger partial charge in [0.1, 0.15) is 24.7 Å². The largest absolute Gasteiger partial charge is 0.490 e. The zero-order valence-corrected chi connectivity index (χ0v) is 12.2.